The summed E-state index contributed by atoms with van der Waals surface area (Å²) in [5, 5.41) is 8.14. The van der Waals surface area contributed by atoms with Crippen LogP contribution in [0.5, 0.6) is 0 Å². The van der Waals surface area contributed by atoms with Crippen LogP contribution in [0.4, 0.5) is 0 Å². The van der Waals surface area contributed by atoms with Gasteiger partial charge in [0.05, 0.1) is 5.69 Å². The normalized spacial score (nSPS) is 10.6. The molecule has 0 fully saturated rings. The zero-order valence-electron chi connectivity index (χ0n) is 12.6. The van der Waals surface area contributed by atoms with Crippen molar-refractivity contribution in [1.82, 2.24) is 20.1 Å². The number of nitrogens with one attached hydrogen (secondary N) is 1. The molecule has 3 rings (SSSR count). The van der Waals surface area contributed by atoms with Gasteiger partial charge in [-0.05, 0) is 36.2 Å². The number of amides is 1. The predicted octanol–water partition coefficient (Wildman–Crippen LogP) is 3.55. The topological polar surface area (TPSA) is 59.8 Å². The fraction of sp³-hybridized carbons (Fsp3) is 0.118. The molecule has 0 unspecified atom stereocenters. The van der Waals surface area contributed by atoms with E-state index in [1.54, 1.807) is 16.8 Å². The molecular formula is C17H14Cl2N4O. The summed E-state index contributed by atoms with van der Waals surface area (Å²) in [7, 11) is 0. The Kier molecular flexibility index (Phi) is 5.13. The van der Waals surface area contributed by atoms with Crippen molar-refractivity contribution in [2.45, 2.75) is 6.42 Å². The quantitative estimate of drug-likeness (QED) is 0.756. The number of nitrogens with zero attached hydrogens (tertiary/aromatic N) is 3. The van der Waals surface area contributed by atoms with Crippen LogP contribution in [0.2, 0.25) is 10.0 Å². The molecule has 0 bridgehead atoms. The molecule has 0 radical (unpaired) electrons. The first kappa shape index (κ1) is 16.5. The Morgan fingerprint density at radius 1 is 1.12 bits per heavy atom. The van der Waals surface area contributed by atoms with Gasteiger partial charge in [-0.15, -0.1) is 5.10 Å². The molecule has 5 nitrogen and oxygen atoms in total. The third-order valence-corrected chi connectivity index (χ3v) is 4.00. The first-order chi connectivity index (χ1) is 11.6. The molecule has 1 amide bonds. The van der Waals surface area contributed by atoms with Crippen LogP contribution < -0.4 is 5.32 Å². The van der Waals surface area contributed by atoms with Crippen LogP contribution in [0.15, 0.2) is 54.9 Å². The van der Waals surface area contributed by atoms with Crippen LogP contribution in [0.3, 0.4) is 0 Å². The van der Waals surface area contributed by atoms with E-state index in [1.165, 1.54) is 6.33 Å². The summed E-state index contributed by atoms with van der Waals surface area (Å²) in [5.74, 6) is -0.198. The monoisotopic (exact) mass is 360 g/mol. The second-order valence-electron chi connectivity index (χ2n) is 5.09. The molecule has 0 saturated heterocycles. The number of para-hydroxylation sites is 1. The largest absolute Gasteiger partial charge is 0.349 e. The lowest BCUT2D eigenvalue weighted by Gasteiger charge is -2.05. The molecule has 2 aromatic carbocycles. The SMILES string of the molecule is O=C(NCCc1ccc(Cl)cc1Cl)c1ncn(-c2ccccc2)n1. The van der Waals surface area contributed by atoms with Gasteiger partial charge in [0, 0.05) is 16.6 Å². The average molecular weight is 361 g/mol. The van der Waals surface area contributed by atoms with Crippen molar-refractivity contribution in [3.05, 3.63) is 76.3 Å². The summed E-state index contributed by atoms with van der Waals surface area (Å²) in [6.45, 7) is 0.431. The van der Waals surface area contributed by atoms with Crippen LogP contribution in [-0.4, -0.2) is 27.2 Å². The Morgan fingerprint density at radius 3 is 2.67 bits per heavy atom. The summed E-state index contributed by atoms with van der Waals surface area (Å²) < 4.78 is 1.56. The van der Waals surface area contributed by atoms with Crippen LogP contribution in [0.25, 0.3) is 5.69 Å². The van der Waals surface area contributed by atoms with Crippen LogP contribution >= 0.6 is 23.2 Å². The van der Waals surface area contributed by atoms with Gasteiger partial charge >= 0.3 is 0 Å². The standard InChI is InChI=1S/C17H14Cl2N4O/c18-13-7-6-12(15(19)10-13)8-9-20-17(24)16-21-11-23(22-16)14-4-2-1-3-5-14/h1-7,10-11H,8-9H2,(H,20,24). The summed E-state index contributed by atoms with van der Waals surface area (Å²) >= 11 is 12.0. The summed E-state index contributed by atoms with van der Waals surface area (Å²) in [6.07, 6.45) is 2.11. The lowest BCUT2D eigenvalue weighted by atomic mass is 10.1. The smallest absolute Gasteiger partial charge is 0.290 e. The Balaban J connectivity index is 1.59. The minimum atomic E-state index is -0.324. The number of rotatable bonds is 5. The van der Waals surface area contributed by atoms with E-state index in [0.29, 0.717) is 23.0 Å². The highest BCUT2D eigenvalue weighted by Gasteiger charge is 2.12. The highest BCUT2D eigenvalue weighted by atomic mass is 35.5. The van der Waals surface area contributed by atoms with Crippen molar-refractivity contribution in [3.63, 3.8) is 0 Å². The molecule has 7 heteroatoms. The number of carbonyl (C=O) groups is 1. The van der Waals surface area contributed by atoms with Gasteiger partial charge in [0.15, 0.2) is 0 Å². The second-order valence-corrected chi connectivity index (χ2v) is 5.93. The molecule has 1 heterocycles. The molecule has 0 aliphatic carbocycles. The molecular weight excluding hydrogens is 347 g/mol. The van der Waals surface area contributed by atoms with Gasteiger partial charge in [0.1, 0.15) is 6.33 Å². The molecule has 0 aliphatic heterocycles. The maximum Gasteiger partial charge on any atom is 0.290 e. The molecule has 0 saturated carbocycles. The van der Waals surface area contributed by atoms with E-state index >= 15 is 0 Å². The van der Waals surface area contributed by atoms with Gasteiger partial charge in [-0.1, -0.05) is 47.5 Å². The third-order valence-electron chi connectivity index (χ3n) is 3.41. The van der Waals surface area contributed by atoms with Gasteiger partial charge in [0.2, 0.25) is 5.82 Å². The highest BCUT2D eigenvalue weighted by Crippen LogP contribution is 2.21. The molecule has 3 aromatic rings. The van der Waals surface area contributed by atoms with Crippen molar-refractivity contribution < 1.29 is 4.79 Å². The molecule has 0 aliphatic rings. The van der Waals surface area contributed by atoms with E-state index in [2.05, 4.69) is 15.4 Å². The number of aromatic nitrogens is 3. The minimum Gasteiger partial charge on any atom is -0.349 e. The van der Waals surface area contributed by atoms with Crippen molar-refractivity contribution in [3.8, 4) is 5.69 Å². The van der Waals surface area contributed by atoms with Crippen molar-refractivity contribution >= 4 is 29.1 Å². The highest BCUT2D eigenvalue weighted by molar-refractivity contribution is 6.35. The first-order valence-corrected chi connectivity index (χ1v) is 8.08. The van der Waals surface area contributed by atoms with Crippen molar-refractivity contribution in [2.75, 3.05) is 6.54 Å². The summed E-state index contributed by atoms with van der Waals surface area (Å²) in [4.78, 5) is 16.2. The molecule has 24 heavy (non-hydrogen) atoms. The Labute approximate surface area is 149 Å². The summed E-state index contributed by atoms with van der Waals surface area (Å²) in [5.41, 5.74) is 1.76. The number of benzene rings is 2. The fourth-order valence-electron chi connectivity index (χ4n) is 2.19. The van der Waals surface area contributed by atoms with Gasteiger partial charge < -0.3 is 5.32 Å². The van der Waals surface area contributed by atoms with E-state index in [-0.39, 0.29) is 11.7 Å². The minimum absolute atomic E-state index is 0.126. The number of hydrogen-bond acceptors (Lipinski definition) is 3. The molecule has 122 valence electrons. The third kappa shape index (κ3) is 3.93. The Bertz CT molecular complexity index is 849. The second kappa shape index (κ2) is 7.47. The van der Waals surface area contributed by atoms with E-state index in [0.717, 1.165) is 11.3 Å². The number of hydrogen-bond donors (Lipinski definition) is 1. The zero-order valence-corrected chi connectivity index (χ0v) is 14.1. The van der Waals surface area contributed by atoms with E-state index < -0.39 is 0 Å². The van der Waals surface area contributed by atoms with Crippen LogP contribution in [0.1, 0.15) is 16.2 Å². The fourth-order valence-corrected chi connectivity index (χ4v) is 2.69. The van der Waals surface area contributed by atoms with Gasteiger partial charge in [0.25, 0.3) is 5.91 Å². The average Bonchev–Trinajstić information content (AvgIpc) is 3.08. The maximum absolute atomic E-state index is 12.1. The lowest BCUT2D eigenvalue weighted by molar-refractivity contribution is 0.0944. The predicted molar refractivity (Wildman–Crippen MR) is 93.9 cm³/mol. The van der Waals surface area contributed by atoms with Crippen LogP contribution in [-0.2, 0) is 6.42 Å². The van der Waals surface area contributed by atoms with Gasteiger partial charge in [-0.25, -0.2) is 9.67 Å². The van der Waals surface area contributed by atoms with E-state index in [1.807, 2.05) is 36.4 Å². The van der Waals surface area contributed by atoms with Crippen molar-refractivity contribution in [2.24, 2.45) is 0 Å². The van der Waals surface area contributed by atoms with Crippen LogP contribution in [0, 0.1) is 0 Å². The molecule has 0 atom stereocenters. The summed E-state index contributed by atoms with van der Waals surface area (Å²) in [6, 6.07) is 14.8. The molecule has 1 aromatic heterocycles. The van der Waals surface area contributed by atoms with Gasteiger partial charge in [-0.3, -0.25) is 4.79 Å². The number of halogens is 2. The molecule has 0 spiro atoms. The number of carbonyl (C=O) groups excluding carboxylic acids is 1. The maximum atomic E-state index is 12.1. The Hall–Kier alpha value is -2.37. The zero-order chi connectivity index (χ0) is 16.9. The van der Waals surface area contributed by atoms with Crippen molar-refractivity contribution in [1.29, 1.82) is 0 Å². The molecule has 1 N–H and O–H groups in total. The lowest BCUT2D eigenvalue weighted by Crippen LogP contribution is -2.27. The van der Waals surface area contributed by atoms with E-state index in [9.17, 15) is 4.79 Å². The Morgan fingerprint density at radius 2 is 1.92 bits per heavy atom. The first-order valence-electron chi connectivity index (χ1n) is 7.33. The van der Waals surface area contributed by atoms with Gasteiger partial charge in [-0.2, -0.15) is 0 Å². The van der Waals surface area contributed by atoms with E-state index in [4.69, 9.17) is 23.2 Å².